The molecule has 0 radical (unpaired) electrons. The number of methoxy groups -OCH3 is 1. The standard InChI is InChI=1S/C11H14N4O/c1-16-11(2-3-11)7-15-9-4-10(13)14-6-8(9)5-12/h4,6H,2-3,7H2,1H3,(H3,13,14,15). The molecule has 1 aliphatic carbocycles. The Morgan fingerprint density at radius 1 is 1.69 bits per heavy atom. The van der Waals surface area contributed by atoms with E-state index in [1.807, 2.05) is 0 Å². The van der Waals surface area contributed by atoms with Gasteiger partial charge in [0, 0.05) is 25.9 Å². The fourth-order valence-corrected chi connectivity index (χ4v) is 1.56. The third kappa shape index (κ3) is 2.07. The summed E-state index contributed by atoms with van der Waals surface area (Å²) < 4.78 is 5.38. The van der Waals surface area contributed by atoms with Crippen LogP contribution in [-0.2, 0) is 4.74 Å². The van der Waals surface area contributed by atoms with Gasteiger partial charge in [0.05, 0.1) is 16.9 Å². The first-order chi connectivity index (χ1) is 7.69. The molecule has 0 atom stereocenters. The minimum atomic E-state index is -0.0508. The van der Waals surface area contributed by atoms with Gasteiger partial charge in [0.15, 0.2) is 0 Å². The van der Waals surface area contributed by atoms with E-state index >= 15 is 0 Å². The molecule has 84 valence electrons. The first-order valence-electron chi connectivity index (χ1n) is 5.14. The van der Waals surface area contributed by atoms with Gasteiger partial charge in [-0.3, -0.25) is 0 Å². The number of pyridine rings is 1. The summed E-state index contributed by atoms with van der Waals surface area (Å²) in [5, 5.41) is 12.1. The van der Waals surface area contributed by atoms with Gasteiger partial charge in [-0.15, -0.1) is 0 Å². The summed E-state index contributed by atoms with van der Waals surface area (Å²) in [6, 6.07) is 3.75. The molecule has 0 aliphatic heterocycles. The summed E-state index contributed by atoms with van der Waals surface area (Å²) in [7, 11) is 1.71. The first-order valence-corrected chi connectivity index (χ1v) is 5.14. The number of nitrogens with two attached hydrogens (primary N) is 1. The number of hydrogen-bond donors (Lipinski definition) is 2. The number of nitriles is 1. The average molecular weight is 218 g/mol. The molecule has 16 heavy (non-hydrogen) atoms. The van der Waals surface area contributed by atoms with E-state index in [0.29, 0.717) is 17.9 Å². The van der Waals surface area contributed by atoms with Crippen molar-refractivity contribution in [2.24, 2.45) is 0 Å². The van der Waals surface area contributed by atoms with Crippen LogP contribution in [0.25, 0.3) is 0 Å². The van der Waals surface area contributed by atoms with Crippen molar-refractivity contribution < 1.29 is 4.74 Å². The number of rotatable bonds is 4. The van der Waals surface area contributed by atoms with Gasteiger partial charge in [0.2, 0.25) is 0 Å². The molecule has 5 heteroatoms. The Bertz CT molecular complexity index is 434. The molecule has 1 aromatic rings. The minimum absolute atomic E-state index is 0.0508. The van der Waals surface area contributed by atoms with E-state index in [2.05, 4.69) is 16.4 Å². The maximum atomic E-state index is 8.91. The Hall–Kier alpha value is -1.80. The van der Waals surface area contributed by atoms with Crippen LogP contribution in [0, 0.1) is 11.3 Å². The van der Waals surface area contributed by atoms with E-state index in [1.54, 1.807) is 13.2 Å². The highest BCUT2D eigenvalue weighted by Gasteiger charge is 2.42. The maximum absolute atomic E-state index is 8.91. The number of hydrogen-bond acceptors (Lipinski definition) is 5. The van der Waals surface area contributed by atoms with Gasteiger partial charge in [-0.2, -0.15) is 5.26 Å². The fourth-order valence-electron chi connectivity index (χ4n) is 1.56. The van der Waals surface area contributed by atoms with Crippen molar-refractivity contribution in [1.82, 2.24) is 4.98 Å². The molecular formula is C11H14N4O. The van der Waals surface area contributed by atoms with Crippen LogP contribution in [0.5, 0.6) is 0 Å². The van der Waals surface area contributed by atoms with Crippen molar-refractivity contribution in [2.75, 3.05) is 24.7 Å². The Morgan fingerprint density at radius 2 is 2.44 bits per heavy atom. The molecule has 3 N–H and O–H groups in total. The zero-order valence-corrected chi connectivity index (χ0v) is 9.16. The van der Waals surface area contributed by atoms with E-state index in [1.165, 1.54) is 6.20 Å². The van der Waals surface area contributed by atoms with E-state index < -0.39 is 0 Å². The van der Waals surface area contributed by atoms with Crippen LogP contribution in [0.4, 0.5) is 11.5 Å². The summed E-state index contributed by atoms with van der Waals surface area (Å²) in [4.78, 5) is 3.87. The Morgan fingerprint density at radius 3 is 3.00 bits per heavy atom. The monoisotopic (exact) mass is 218 g/mol. The maximum Gasteiger partial charge on any atom is 0.125 e. The third-order valence-electron chi connectivity index (χ3n) is 2.89. The Kier molecular flexibility index (Phi) is 2.67. The second-order valence-electron chi connectivity index (χ2n) is 4.01. The second kappa shape index (κ2) is 3.99. The van der Waals surface area contributed by atoms with Crippen LogP contribution < -0.4 is 11.1 Å². The van der Waals surface area contributed by atoms with Crippen molar-refractivity contribution in [3.05, 3.63) is 17.8 Å². The SMILES string of the molecule is COC1(CNc2cc(N)ncc2C#N)CC1. The number of ether oxygens (including phenoxy) is 1. The molecular weight excluding hydrogens is 204 g/mol. The lowest BCUT2D eigenvalue weighted by molar-refractivity contribution is 0.0914. The third-order valence-corrected chi connectivity index (χ3v) is 2.89. The van der Waals surface area contributed by atoms with Gasteiger partial charge in [0.1, 0.15) is 11.9 Å². The average Bonchev–Trinajstić information content (AvgIpc) is 3.07. The highest BCUT2D eigenvalue weighted by atomic mass is 16.5. The molecule has 0 bridgehead atoms. The summed E-state index contributed by atoms with van der Waals surface area (Å²) in [5.74, 6) is 0.406. The van der Waals surface area contributed by atoms with Crippen molar-refractivity contribution in [2.45, 2.75) is 18.4 Å². The number of nitrogens with zero attached hydrogens (tertiary/aromatic N) is 2. The first kappa shape index (κ1) is 10.7. The van der Waals surface area contributed by atoms with Crippen molar-refractivity contribution in [3.8, 4) is 6.07 Å². The van der Waals surface area contributed by atoms with Crippen LogP contribution in [0.15, 0.2) is 12.3 Å². The van der Waals surface area contributed by atoms with Crippen molar-refractivity contribution in [1.29, 1.82) is 5.26 Å². The van der Waals surface area contributed by atoms with E-state index in [9.17, 15) is 0 Å². The van der Waals surface area contributed by atoms with Gasteiger partial charge < -0.3 is 15.8 Å². The molecule has 1 aromatic heterocycles. The summed E-state index contributed by atoms with van der Waals surface area (Å²) in [6.07, 6.45) is 3.59. The lowest BCUT2D eigenvalue weighted by atomic mass is 10.2. The van der Waals surface area contributed by atoms with Crippen LogP contribution in [0.3, 0.4) is 0 Å². The number of anilines is 2. The molecule has 0 saturated heterocycles. The summed E-state index contributed by atoms with van der Waals surface area (Å²) in [6.45, 7) is 0.696. The molecule has 1 fully saturated rings. The quantitative estimate of drug-likeness (QED) is 0.791. The van der Waals surface area contributed by atoms with Gasteiger partial charge >= 0.3 is 0 Å². The molecule has 1 saturated carbocycles. The van der Waals surface area contributed by atoms with E-state index in [4.69, 9.17) is 15.7 Å². The molecule has 0 unspecified atom stereocenters. The fraction of sp³-hybridized carbons (Fsp3) is 0.455. The number of nitrogen functional groups attached to an aromatic ring is 1. The molecule has 0 amide bonds. The molecule has 1 aliphatic rings. The van der Waals surface area contributed by atoms with Crippen molar-refractivity contribution >= 4 is 11.5 Å². The largest absolute Gasteiger partial charge is 0.384 e. The zero-order chi connectivity index (χ0) is 11.6. The van der Waals surface area contributed by atoms with E-state index in [0.717, 1.165) is 18.5 Å². The predicted molar refractivity (Wildman–Crippen MR) is 60.8 cm³/mol. The Balaban J connectivity index is 2.09. The number of aromatic nitrogens is 1. The molecule has 0 aromatic carbocycles. The summed E-state index contributed by atoms with van der Waals surface area (Å²) in [5.41, 5.74) is 6.75. The van der Waals surface area contributed by atoms with Crippen LogP contribution in [-0.4, -0.2) is 24.2 Å². The smallest absolute Gasteiger partial charge is 0.125 e. The lowest BCUT2D eigenvalue weighted by Crippen LogP contribution is -2.23. The molecule has 0 spiro atoms. The topological polar surface area (TPSA) is 84.0 Å². The van der Waals surface area contributed by atoms with Crippen LogP contribution >= 0.6 is 0 Å². The van der Waals surface area contributed by atoms with E-state index in [-0.39, 0.29) is 5.60 Å². The minimum Gasteiger partial charge on any atom is -0.384 e. The molecule has 2 rings (SSSR count). The molecule has 1 heterocycles. The van der Waals surface area contributed by atoms with Crippen LogP contribution in [0.1, 0.15) is 18.4 Å². The second-order valence-corrected chi connectivity index (χ2v) is 4.01. The van der Waals surface area contributed by atoms with Gasteiger partial charge in [-0.1, -0.05) is 0 Å². The normalized spacial score (nSPS) is 16.5. The highest BCUT2D eigenvalue weighted by molar-refractivity contribution is 5.60. The zero-order valence-electron chi connectivity index (χ0n) is 9.16. The van der Waals surface area contributed by atoms with Gasteiger partial charge in [-0.25, -0.2) is 4.98 Å². The van der Waals surface area contributed by atoms with Crippen LogP contribution in [0.2, 0.25) is 0 Å². The van der Waals surface area contributed by atoms with Gasteiger partial charge in [-0.05, 0) is 12.8 Å². The number of nitrogens with one attached hydrogen (secondary N) is 1. The predicted octanol–water partition coefficient (Wildman–Crippen LogP) is 1.13. The summed E-state index contributed by atoms with van der Waals surface area (Å²) >= 11 is 0. The van der Waals surface area contributed by atoms with Crippen molar-refractivity contribution in [3.63, 3.8) is 0 Å². The highest BCUT2D eigenvalue weighted by Crippen LogP contribution is 2.39. The molecule has 5 nitrogen and oxygen atoms in total. The van der Waals surface area contributed by atoms with Gasteiger partial charge in [0.25, 0.3) is 0 Å². The lowest BCUT2D eigenvalue weighted by Gasteiger charge is -2.15. The Labute approximate surface area is 94.2 Å².